The number of carbonyl (C=O) groups excluding carboxylic acids is 1. The number of esters is 1. The predicted octanol–water partition coefficient (Wildman–Crippen LogP) is 4.46. The van der Waals surface area contributed by atoms with Gasteiger partial charge in [0, 0.05) is 0 Å². The topological polar surface area (TPSA) is 75.9 Å². The molecule has 0 saturated heterocycles. The van der Waals surface area contributed by atoms with Crippen LogP contribution in [0.4, 0.5) is 0 Å². The van der Waals surface area contributed by atoms with E-state index >= 15 is 0 Å². The van der Waals surface area contributed by atoms with E-state index in [4.69, 9.17) is 10.00 Å². The zero-order chi connectivity index (χ0) is 18.5. The Bertz CT molecular complexity index is 962. The average Bonchev–Trinajstić information content (AvgIpc) is 3.20. The van der Waals surface area contributed by atoms with Crippen molar-refractivity contribution in [1.29, 1.82) is 5.26 Å². The largest absolute Gasteiger partial charge is 0.457 e. The molecule has 7 heteroatoms. The van der Waals surface area contributed by atoms with E-state index in [1.807, 2.05) is 23.8 Å². The maximum atomic E-state index is 12.6. The highest BCUT2D eigenvalue weighted by Gasteiger charge is 2.20. The van der Waals surface area contributed by atoms with Gasteiger partial charge >= 0.3 is 5.97 Å². The van der Waals surface area contributed by atoms with E-state index in [1.165, 1.54) is 11.8 Å². The number of nitrogens with zero attached hydrogens (tertiary/aromatic N) is 3. The van der Waals surface area contributed by atoms with Crippen molar-refractivity contribution in [2.45, 2.75) is 18.6 Å². The summed E-state index contributed by atoms with van der Waals surface area (Å²) in [5, 5.41) is 11.4. The maximum Gasteiger partial charge on any atom is 0.343 e. The molecule has 0 aliphatic heterocycles. The second kappa shape index (κ2) is 8.13. The third-order valence-corrected chi connectivity index (χ3v) is 5.20. The third-order valence-electron chi connectivity index (χ3n) is 3.65. The fourth-order valence-electron chi connectivity index (χ4n) is 2.34. The Morgan fingerprint density at radius 1 is 1.27 bits per heavy atom. The van der Waals surface area contributed by atoms with Crippen molar-refractivity contribution in [3.8, 4) is 16.8 Å². The van der Waals surface area contributed by atoms with Crippen LogP contribution >= 0.6 is 23.1 Å². The Labute approximate surface area is 159 Å². The molecule has 26 heavy (non-hydrogen) atoms. The number of hydrogen-bond acceptors (Lipinski definition) is 7. The Hall–Kier alpha value is -2.69. The first kappa shape index (κ1) is 18.1. The smallest absolute Gasteiger partial charge is 0.343 e. The number of thiophene rings is 1. The van der Waals surface area contributed by atoms with E-state index in [9.17, 15) is 4.79 Å². The molecule has 0 saturated carbocycles. The molecule has 2 aromatic heterocycles. The quantitative estimate of drug-likeness (QED) is 0.369. The highest BCUT2D eigenvalue weighted by Crippen LogP contribution is 2.27. The van der Waals surface area contributed by atoms with Crippen LogP contribution in [0, 0.1) is 18.3 Å². The molecule has 3 rings (SSSR count). The Morgan fingerprint density at radius 2 is 2.04 bits per heavy atom. The van der Waals surface area contributed by atoms with E-state index in [0.717, 1.165) is 10.4 Å². The number of thioether (sulfide) groups is 1. The van der Waals surface area contributed by atoms with Crippen LogP contribution in [0.15, 0.2) is 46.8 Å². The van der Waals surface area contributed by atoms with Gasteiger partial charge in [0.15, 0.2) is 5.82 Å². The van der Waals surface area contributed by atoms with Gasteiger partial charge in [-0.3, -0.25) is 0 Å². The molecular formula is C19H15N3O2S2. The van der Waals surface area contributed by atoms with E-state index in [1.54, 1.807) is 42.5 Å². The summed E-state index contributed by atoms with van der Waals surface area (Å²) in [6.07, 6.45) is 1.87. The number of carbonyl (C=O) groups is 1. The lowest BCUT2D eigenvalue weighted by molar-refractivity contribution is 0.0466. The van der Waals surface area contributed by atoms with Crippen LogP contribution in [0.1, 0.15) is 27.2 Å². The monoisotopic (exact) mass is 381 g/mol. The van der Waals surface area contributed by atoms with Gasteiger partial charge in [0.2, 0.25) is 0 Å². The fraction of sp³-hybridized carbons (Fsp3) is 0.158. The summed E-state index contributed by atoms with van der Waals surface area (Å²) in [5.41, 5.74) is 2.37. The highest BCUT2D eigenvalue weighted by molar-refractivity contribution is 7.98. The maximum absolute atomic E-state index is 12.6. The van der Waals surface area contributed by atoms with Crippen LogP contribution in [0.3, 0.4) is 0 Å². The SMILES string of the molecule is CSc1nc(-c2cccs2)nc(C)c1C(=O)OCc1ccc(C#N)cc1. The van der Waals surface area contributed by atoms with Gasteiger partial charge in [-0.15, -0.1) is 23.1 Å². The molecule has 5 nitrogen and oxygen atoms in total. The molecule has 0 amide bonds. The first-order valence-corrected chi connectivity index (χ1v) is 9.85. The molecule has 0 radical (unpaired) electrons. The molecule has 1 aromatic carbocycles. The van der Waals surface area contributed by atoms with E-state index in [-0.39, 0.29) is 6.61 Å². The average molecular weight is 381 g/mol. The molecule has 130 valence electrons. The molecule has 0 unspecified atom stereocenters. The molecule has 0 bridgehead atoms. The van der Waals surface area contributed by atoms with Crippen molar-refractivity contribution < 1.29 is 9.53 Å². The molecule has 2 heterocycles. The second-order valence-electron chi connectivity index (χ2n) is 5.38. The lowest BCUT2D eigenvalue weighted by atomic mass is 10.1. The van der Waals surface area contributed by atoms with E-state index < -0.39 is 5.97 Å². The Kier molecular flexibility index (Phi) is 5.66. The number of nitriles is 1. The number of benzene rings is 1. The van der Waals surface area contributed by atoms with Gasteiger partial charge < -0.3 is 4.74 Å². The highest BCUT2D eigenvalue weighted by atomic mass is 32.2. The number of aromatic nitrogens is 2. The van der Waals surface area contributed by atoms with Crippen molar-refractivity contribution in [2.75, 3.05) is 6.26 Å². The van der Waals surface area contributed by atoms with Gasteiger partial charge in [0.1, 0.15) is 17.2 Å². The van der Waals surface area contributed by atoms with Gasteiger partial charge in [-0.2, -0.15) is 5.26 Å². The molecule has 0 aliphatic rings. The lowest BCUT2D eigenvalue weighted by Crippen LogP contribution is -2.12. The summed E-state index contributed by atoms with van der Waals surface area (Å²) in [6.45, 7) is 1.92. The number of rotatable bonds is 5. The minimum atomic E-state index is -0.450. The summed E-state index contributed by atoms with van der Waals surface area (Å²) in [5.74, 6) is 0.166. The zero-order valence-electron chi connectivity index (χ0n) is 14.2. The summed E-state index contributed by atoms with van der Waals surface area (Å²) in [6, 6.07) is 12.9. The summed E-state index contributed by atoms with van der Waals surface area (Å²) in [7, 11) is 0. The number of hydrogen-bond donors (Lipinski definition) is 0. The van der Waals surface area contributed by atoms with Gasteiger partial charge in [0.05, 0.1) is 22.2 Å². The van der Waals surface area contributed by atoms with Crippen LogP contribution in [0.5, 0.6) is 0 Å². The molecule has 3 aromatic rings. The minimum absolute atomic E-state index is 0.129. The standard InChI is InChI=1S/C19H15N3O2S2/c1-12-16(18(25-2)22-17(21-12)15-4-3-9-26-15)19(23)24-11-14-7-5-13(10-20)6-8-14/h3-9H,11H2,1-2H3. The van der Waals surface area contributed by atoms with Crippen molar-refractivity contribution in [1.82, 2.24) is 9.97 Å². The van der Waals surface area contributed by atoms with Crippen LogP contribution in [0.2, 0.25) is 0 Å². The molecule has 0 spiro atoms. The Morgan fingerprint density at radius 3 is 2.65 bits per heavy atom. The number of aryl methyl sites for hydroxylation is 1. The first-order valence-electron chi connectivity index (χ1n) is 7.75. The van der Waals surface area contributed by atoms with Crippen molar-refractivity contribution in [3.05, 3.63) is 64.2 Å². The molecular weight excluding hydrogens is 366 g/mol. The normalized spacial score (nSPS) is 10.3. The predicted molar refractivity (Wildman–Crippen MR) is 102 cm³/mol. The van der Waals surface area contributed by atoms with Gasteiger partial charge in [-0.1, -0.05) is 18.2 Å². The van der Waals surface area contributed by atoms with Gasteiger partial charge in [-0.05, 0) is 42.3 Å². The van der Waals surface area contributed by atoms with Crippen LogP contribution in [0.25, 0.3) is 10.7 Å². The van der Waals surface area contributed by atoms with Crippen molar-refractivity contribution >= 4 is 29.1 Å². The summed E-state index contributed by atoms with van der Waals surface area (Å²) in [4.78, 5) is 22.5. The molecule has 0 atom stereocenters. The second-order valence-corrected chi connectivity index (χ2v) is 7.12. The van der Waals surface area contributed by atoms with Crippen molar-refractivity contribution in [2.24, 2.45) is 0 Å². The Balaban J connectivity index is 1.81. The van der Waals surface area contributed by atoms with Crippen LogP contribution in [-0.2, 0) is 11.3 Å². The first-order chi connectivity index (χ1) is 12.6. The van der Waals surface area contributed by atoms with E-state index in [2.05, 4.69) is 16.0 Å². The molecule has 0 fully saturated rings. The van der Waals surface area contributed by atoms with Crippen LogP contribution in [-0.4, -0.2) is 22.2 Å². The minimum Gasteiger partial charge on any atom is -0.457 e. The third kappa shape index (κ3) is 3.93. The van der Waals surface area contributed by atoms with Gasteiger partial charge in [-0.25, -0.2) is 14.8 Å². The fourth-order valence-corrected chi connectivity index (χ4v) is 3.61. The molecule has 0 N–H and O–H groups in total. The lowest BCUT2D eigenvalue weighted by Gasteiger charge is -2.11. The summed E-state index contributed by atoms with van der Waals surface area (Å²) < 4.78 is 5.43. The zero-order valence-corrected chi connectivity index (χ0v) is 15.9. The number of ether oxygens (including phenoxy) is 1. The van der Waals surface area contributed by atoms with E-state index in [0.29, 0.717) is 27.7 Å². The summed E-state index contributed by atoms with van der Waals surface area (Å²) >= 11 is 2.95. The van der Waals surface area contributed by atoms with Crippen LogP contribution < -0.4 is 0 Å². The molecule has 0 aliphatic carbocycles. The van der Waals surface area contributed by atoms with Crippen molar-refractivity contribution in [3.63, 3.8) is 0 Å². The van der Waals surface area contributed by atoms with Gasteiger partial charge in [0.25, 0.3) is 0 Å².